The molecule has 6 aromatic carbocycles. The second-order valence-corrected chi connectivity index (χ2v) is 20.6. The van der Waals surface area contributed by atoms with E-state index in [1.165, 1.54) is 20.7 Å². The summed E-state index contributed by atoms with van der Waals surface area (Å²) in [5, 5.41) is 6.67. The normalized spacial score (nSPS) is 13.4. The number of ketones is 1. The van der Waals surface area contributed by atoms with Gasteiger partial charge in [-0.05, 0) is 55.1 Å². The van der Waals surface area contributed by atoms with Gasteiger partial charge in [-0.1, -0.05) is 194 Å². The van der Waals surface area contributed by atoms with Gasteiger partial charge in [0.25, 0.3) is 0 Å². The van der Waals surface area contributed by atoms with Crippen LogP contribution in [0.4, 0.5) is 0 Å². The standard InChI is InChI=1S/C47H40OSi2/c1-3-35-49(39-27-15-7-16-28-39,40-29-17-8-18-30-40)46-43(37-23-11-5-12-24-37)44(38-25-13-6-14-26-38)47(45(46)48)50(36-4-2,41-31-19-9-20-32-41)42-33-21-10-22-34-42/h3-34H,1-2,35-36H2. The van der Waals surface area contributed by atoms with Crippen LogP contribution < -0.4 is 20.7 Å². The SMILES string of the molecule is C=CC[Si](C1=C(c2ccccc2)C(c2ccccc2)=C([Si](CC=C)(c2ccccc2)c2ccccc2)C1=O)(c1ccccc1)c1ccccc1. The van der Waals surface area contributed by atoms with Gasteiger partial charge in [0, 0.05) is 10.4 Å². The van der Waals surface area contributed by atoms with Gasteiger partial charge >= 0.3 is 0 Å². The topological polar surface area (TPSA) is 17.1 Å². The molecule has 3 heteroatoms. The molecule has 0 unspecified atom stereocenters. The van der Waals surface area contributed by atoms with Gasteiger partial charge < -0.3 is 0 Å². The highest BCUT2D eigenvalue weighted by Crippen LogP contribution is 2.49. The average Bonchev–Trinajstić information content (AvgIpc) is 3.51. The number of rotatable bonds is 12. The summed E-state index contributed by atoms with van der Waals surface area (Å²) in [5.41, 5.74) is 4.21. The fourth-order valence-electron chi connectivity index (χ4n) is 8.11. The molecule has 0 radical (unpaired) electrons. The fraction of sp³-hybridized carbons (Fsp3) is 0.0426. The van der Waals surface area contributed by atoms with Crippen LogP contribution in [0, 0.1) is 0 Å². The molecule has 7 rings (SSSR count). The minimum atomic E-state index is -3.08. The molecule has 1 aliphatic carbocycles. The van der Waals surface area contributed by atoms with Crippen LogP contribution in [0.1, 0.15) is 11.1 Å². The van der Waals surface area contributed by atoms with E-state index in [2.05, 4.69) is 195 Å². The summed E-state index contributed by atoms with van der Waals surface area (Å²) in [6, 6.07) is 65.6. The predicted octanol–water partition coefficient (Wildman–Crippen LogP) is 8.45. The fourth-order valence-corrected chi connectivity index (χ4v) is 17.7. The Morgan fingerprint density at radius 1 is 0.380 bits per heavy atom. The summed E-state index contributed by atoms with van der Waals surface area (Å²) in [7, 11) is -6.15. The van der Waals surface area contributed by atoms with Gasteiger partial charge in [0.1, 0.15) is 0 Å². The first-order chi connectivity index (χ1) is 24.7. The molecule has 0 heterocycles. The van der Waals surface area contributed by atoms with Crippen molar-refractivity contribution in [3.05, 3.63) is 229 Å². The molecule has 0 amide bonds. The molecule has 6 aromatic rings. The highest BCUT2D eigenvalue weighted by atomic mass is 28.3. The predicted molar refractivity (Wildman–Crippen MR) is 218 cm³/mol. The Hall–Kier alpha value is -5.62. The molecule has 0 bridgehead atoms. The molecule has 0 N–H and O–H groups in total. The van der Waals surface area contributed by atoms with E-state index in [4.69, 9.17) is 0 Å². The van der Waals surface area contributed by atoms with Crippen LogP contribution in [0.25, 0.3) is 11.1 Å². The quantitative estimate of drug-likeness (QED) is 0.0940. The van der Waals surface area contributed by atoms with Crippen molar-refractivity contribution < 1.29 is 4.79 Å². The molecule has 0 saturated heterocycles. The molecule has 0 atom stereocenters. The zero-order valence-electron chi connectivity index (χ0n) is 28.2. The van der Waals surface area contributed by atoms with Crippen LogP contribution in [-0.4, -0.2) is 21.9 Å². The summed E-state index contributed by atoms with van der Waals surface area (Å²) >= 11 is 0. The molecular formula is C47H40OSi2. The van der Waals surface area contributed by atoms with Crippen molar-refractivity contribution in [2.24, 2.45) is 0 Å². The van der Waals surface area contributed by atoms with Gasteiger partial charge in [-0.3, -0.25) is 4.79 Å². The Morgan fingerprint density at radius 2 is 0.620 bits per heavy atom. The smallest absolute Gasteiger partial charge is 0.179 e. The van der Waals surface area contributed by atoms with Crippen molar-refractivity contribution in [2.75, 3.05) is 0 Å². The third-order valence-corrected chi connectivity index (χ3v) is 19.9. The Kier molecular flexibility index (Phi) is 9.52. The molecule has 0 fully saturated rings. The number of allylic oxidation sites excluding steroid dienone is 6. The first-order valence-corrected chi connectivity index (χ1v) is 21.7. The van der Waals surface area contributed by atoms with Crippen molar-refractivity contribution >= 4 is 53.8 Å². The van der Waals surface area contributed by atoms with E-state index in [9.17, 15) is 0 Å². The van der Waals surface area contributed by atoms with Crippen LogP contribution in [0.3, 0.4) is 0 Å². The number of carbonyl (C=O) groups excluding carboxylic acids is 1. The highest BCUT2D eigenvalue weighted by molar-refractivity contribution is 7.16. The van der Waals surface area contributed by atoms with E-state index in [-0.39, 0.29) is 5.78 Å². The van der Waals surface area contributed by atoms with Crippen LogP contribution in [-0.2, 0) is 4.79 Å². The van der Waals surface area contributed by atoms with Crippen molar-refractivity contribution in [1.29, 1.82) is 0 Å². The molecule has 1 nitrogen and oxygen atoms in total. The Bertz CT molecular complexity index is 1930. The van der Waals surface area contributed by atoms with Crippen molar-refractivity contribution in [3.8, 4) is 0 Å². The molecule has 0 aromatic heterocycles. The zero-order valence-corrected chi connectivity index (χ0v) is 30.2. The van der Waals surface area contributed by atoms with E-state index < -0.39 is 16.1 Å². The summed E-state index contributed by atoms with van der Waals surface area (Å²) in [5.74, 6) is 0.158. The molecule has 0 aliphatic heterocycles. The van der Waals surface area contributed by atoms with Crippen LogP contribution in [0.5, 0.6) is 0 Å². The molecule has 0 saturated carbocycles. The second kappa shape index (κ2) is 14.5. The van der Waals surface area contributed by atoms with Crippen molar-refractivity contribution in [2.45, 2.75) is 12.1 Å². The first-order valence-electron chi connectivity index (χ1n) is 17.3. The summed E-state index contributed by atoms with van der Waals surface area (Å²) in [6.07, 6.45) is 4.08. The maximum Gasteiger partial charge on any atom is 0.179 e. The lowest BCUT2D eigenvalue weighted by molar-refractivity contribution is -0.111. The van der Waals surface area contributed by atoms with Gasteiger partial charge in [-0.2, -0.15) is 0 Å². The molecule has 50 heavy (non-hydrogen) atoms. The van der Waals surface area contributed by atoms with Gasteiger partial charge in [-0.15, -0.1) is 13.2 Å². The van der Waals surface area contributed by atoms with Gasteiger partial charge in [0.05, 0.1) is 0 Å². The Balaban J connectivity index is 1.71. The average molecular weight is 677 g/mol. The maximum absolute atomic E-state index is 16.5. The van der Waals surface area contributed by atoms with Crippen LogP contribution in [0.2, 0.25) is 12.1 Å². The number of Topliss-reactive ketones (excluding diaryl/α,β-unsaturated/α-hetero) is 1. The second-order valence-electron chi connectivity index (χ2n) is 12.8. The summed E-state index contributed by atoms with van der Waals surface area (Å²) < 4.78 is 0. The summed E-state index contributed by atoms with van der Waals surface area (Å²) in [4.78, 5) is 16.5. The largest absolute Gasteiger partial charge is 0.290 e. The van der Waals surface area contributed by atoms with E-state index >= 15 is 4.79 Å². The Morgan fingerprint density at radius 3 is 0.860 bits per heavy atom. The lowest BCUT2D eigenvalue weighted by Gasteiger charge is -2.37. The minimum absolute atomic E-state index is 0.158. The molecular weight excluding hydrogens is 637 g/mol. The van der Waals surface area contributed by atoms with E-state index in [1.807, 2.05) is 12.2 Å². The summed E-state index contributed by atoms with van der Waals surface area (Å²) in [6.45, 7) is 8.69. The lowest BCUT2D eigenvalue weighted by atomic mass is 9.95. The van der Waals surface area contributed by atoms with E-state index in [1.54, 1.807) is 0 Å². The number of benzene rings is 6. The van der Waals surface area contributed by atoms with Gasteiger partial charge in [0.15, 0.2) is 21.9 Å². The highest BCUT2D eigenvalue weighted by Gasteiger charge is 2.55. The molecule has 1 aliphatic rings. The first kappa shape index (κ1) is 32.9. The minimum Gasteiger partial charge on any atom is -0.290 e. The third kappa shape index (κ3) is 5.55. The van der Waals surface area contributed by atoms with Crippen molar-refractivity contribution in [3.63, 3.8) is 0 Å². The monoisotopic (exact) mass is 676 g/mol. The number of hydrogen-bond donors (Lipinski definition) is 0. The zero-order chi connectivity index (χ0) is 34.4. The molecule has 0 spiro atoms. The number of hydrogen-bond acceptors (Lipinski definition) is 1. The number of carbonyl (C=O) groups is 1. The van der Waals surface area contributed by atoms with Crippen LogP contribution >= 0.6 is 0 Å². The van der Waals surface area contributed by atoms with E-state index in [0.717, 1.165) is 32.7 Å². The molecule has 242 valence electrons. The van der Waals surface area contributed by atoms with Crippen LogP contribution in [0.15, 0.2) is 218 Å². The van der Waals surface area contributed by atoms with Gasteiger partial charge in [0.2, 0.25) is 0 Å². The Labute approximate surface area is 298 Å². The van der Waals surface area contributed by atoms with E-state index in [0.29, 0.717) is 12.1 Å². The third-order valence-electron chi connectivity index (χ3n) is 10.2. The maximum atomic E-state index is 16.5. The van der Waals surface area contributed by atoms with Gasteiger partial charge in [-0.25, -0.2) is 0 Å². The van der Waals surface area contributed by atoms with Crippen molar-refractivity contribution in [1.82, 2.24) is 0 Å². The lowest BCUT2D eigenvalue weighted by Crippen LogP contribution is -2.64.